The normalized spacial score (nSPS) is 8.33. The molecule has 0 radical (unpaired) electrons. The molecule has 0 aliphatic carbocycles. The molecule has 0 amide bonds. The van der Waals surface area contributed by atoms with Crippen molar-refractivity contribution in [2.75, 3.05) is 0 Å². The Bertz CT molecular complexity index is 321. The average molecular weight is 161 g/mol. The van der Waals surface area contributed by atoms with Crippen LogP contribution in [0.4, 0.5) is 0 Å². The predicted octanol–water partition coefficient (Wildman–Crippen LogP) is 0.712. The minimum Gasteiger partial charge on any atom is -0.472 e. The molecule has 1 aromatic rings. The molecule has 0 aliphatic rings. The first-order chi connectivity index (χ1) is 5.79. The predicted molar refractivity (Wildman–Crippen MR) is 43.4 cm³/mol. The topological polar surface area (TPSA) is 50.2 Å². The fourth-order valence-corrected chi connectivity index (χ4v) is 0.725. The number of hydrogen-bond acceptors (Lipinski definition) is 2. The second-order valence-electron chi connectivity index (χ2n) is 2.14. The highest BCUT2D eigenvalue weighted by Crippen LogP contribution is 1.94. The average Bonchev–Trinajstić information content (AvgIpc) is 2.05. The van der Waals surface area contributed by atoms with Crippen LogP contribution in [0.1, 0.15) is 5.56 Å². The van der Waals surface area contributed by atoms with Crippen molar-refractivity contribution < 1.29 is 9.90 Å². The molecule has 0 bridgehead atoms. The van der Waals surface area contributed by atoms with Crippen LogP contribution < -0.4 is 0 Å². The van der Waals surface area contributed by atoms with Crippen molar-refractivity contribution in [2.24, 2.45) is 0 Å². The molecule has 3 nitrogen and oxygen atoms in total. The third kappa shape index (κ3) is 2.84. The van der Waals surface area contributed by atoms with Gasteiger partial charge in [-0.05, 0) is 11.6 Å². The summed E-state index contributed by atoms with van der Waals surface area (Å²) in [6.45, 7) is 0. The summed E-state index contributed by atoms with van der Waals surface area (Å²) in [5.74, 6) is 3.45. The zero-order valence-corrected chi connectivity index (χ0v) is 6.32. The number of nitrogens with zero attached hydrogens (tertiary/aromatic N) is 1. The molecule has 60 valence electrons. The molecule has 0 aromatic carbocycles. The van der Waals surface area contributed by atoms with Crippen molar-refractivity contribution in [2.45, 2.75) is 6.42 Å². The maximum atomic E-state index is 10.0. The lowest BCUT2D eigenvalue weighted by Crippen LogP contribution is -1.88. The lowest BCUT2D eigenvalue weighted by atomic mass is 10.2. The summed E-state index contributed by atoms with van der Waals surface area (Å²) in [6, 6.07) is 3.64. The quantitative estimate of drug-likeness (QED) is 0.617. The molecule has 1 aromatic heterocycles. The number of rotatable bonds is 1. The van der Waals surface area contributed by atoms with E-state index in [0.717, 1.165) is 5.56 Å². The van der Waals surface area contributed by atoms with Gasteiger partial charge in [0.15, 0.2) is 0 Å². The first kappa shape index (κ1) is 8.28. The van der Waals surface area contributed by atoms with E-state index < -0.39 is 5.97 Å². The van der Waals surface area contributed by atoms with Gasteiger partial charge < -0.3 is 5.11 Å². The van der Waals surface area contributed by atoms with Crippen molar-refractivity contribution in [1.82, 2.24) is 4.98 Å². The van der Waals surface area contributed by atoms with Crippen LogP contribution in [-0.4, -0.2) is 16.1 Å². The minimum atomic E-state index is -1.10. The molecule has 0 saturated heterocycles. The number of carboxylic acid groups (broad SMARTS) is 1. The van der Waals surface area contributed by atoms with Crippen LogP contribution in [0.2, 0.25) is 0 Å². The van der Waals surface area contributed by atoms with Crippen LogP contribution in [0.3, 0.4) is 0 Å². The molecular weight excluding hydrogens is 154 g/mol. The molecule has 1 rings (SSSR count). The number of aromatic nitrogens is 1. The van der Waals surface area contributed by atoms with Crippen molar-refractivity contribution in [1.29, 1.82) is 0 Å². The van der Waals surface area contributed by atoms with Gasteiger partial charge in [0.05, 0.1) is 0 Å². The Morgan fingerprint density at radius 2 is 2.50 bits per heavy atom. The molecule has 0 saturated carbocycles. The van der Waals surface area contributed by atoms with E-state index in [2.05, 4.69) is 10.9 Å². The van der Waals surface area contributed by atoms with Gasteiger partial charge in [0.25, 0.3) is 0 Å². The van der Waals surface area contributed by atoms with E-state index in [4.69, 9.17) is 5.11 Å². The zero-order valence-electron chi connectivity index (χ0n) is 6.32. The summed E-state index contributed by atoms with van der Waals surface area (Å²) in [7, 11) is 0. The second kappa shape index (κ2) is 4.14. The summed E-state index contributed by atoms with van der Waals surface area (Å²) in [5, 5.41) is 8.20. The molecular formula is C9H7NO2. The SMILES string of the molecule is O=C(O)C#CCc1cccnc1. The van der Waals surface area contributed by atoms with Crippen molar-refractivity contribution in [3.05, 3.63) is 30.1 Å². The van der Waals surface area contributed by atoms with Gasteiger partial charge in [-0.1, -0.05) is 12.0 Å². The number of carboxylic acids is 1. The van der Waals surface area contributed by atoms with Gasteiger partial charge >= 0.3 is 5.97 Å². The van der Waals surface area contributed by atoms with E-state index in [1.54, 1.807) is 18.5 Å². The molecule has 3 heteroatoms. The van der Waals surface area contributed by atoms with Gasteiger partial charge in [-0.3, -0.25) is 4.98 Å². The fourth-order valence-electron chi connectivity index (χ4n) is 0.725. The van der Waals surface area contributed by atoms with Gasteiger partial charge in [0.1, 0.15) is 0 Å². The Balaban J connectivity index is 2.56. The Labute approximate surface area is 70.1 Å². The smallest absolute Gasteiger partial charge is 0.381 e. The highest BCUT2D eigenvalue weighted by Gasteiger charge is 1.87. The number of hydrogen-bond donors (Lipinski definition) is 1. The Hall–Kier alpha value is -1.82. The van der Waals surface area contributed by atoms with Crippen LogP contribution in [-0.2, 0) is 11.2 Å². The van der Waals surface area contributed by atoms with Crippen molar-refractivity contribution in [3.63, 3.8) is 0 Å². The molecule has 0 atom stereocenters. The molecule has 0 aliphatic heterocycles. The molecule has 12 heavy (non-hydrogen) atoms. The first-order valence-electron chi connectivity index (χ1n) is 3.40. The Kier molecular flexibility index (Phi) is 2.86. The lowest BCUT2D eigenvalue weighted by Gasteiger charge is -1.89. The lowest BCUT2D eigenvalue weighted by molar-refractivity contribution is -0.130. The Morgan fingerprint density at radius 1 is 1.67 bits per heavy atom. The monoisotopic (exact) mass is 161 g/mol. The number of pyridine rings is 1. The highest BCUT2D eigenvalue weighted by atomic mass is 16.4. The number of carbonyl (C=O) groups is 1. The summed E-state index contributed by atoms with van der Waals surface area (Å²) >= 11 is 0. The molecule has 0 fully saturated rings. The van der Waals surface area contributed by atoms with Gasteiger partial charge in [0.2, 0.25) is 0 Å². The Morgan fingerprint density at radius 3 is 3.08 bits per heavy atom. The summed E-state index contributed by atoms with van der Waals surface area (Å²) in [4.78, 5) is 13.9. The van der Waals surface area contributed by atoms with Crippen LogP contribution >= 0.6 is 0 Å². The van der Waals surface area contributed by atoms with Gasteiger partial charge in [0, 0.05) is 24.7 Å². The van der Waals surface area contributed by atoms with Crippen molar-refractivity contribution >= 4 is 5.97 Å². The first-order valence-corrected chi connectivity index (χ1v) is 3.40. The minimum absolute atomic E-state index is 0.431. The van der Waals surface area contributed by atoms with Crippen LogP contribution in [0, 0.1) is 11.8 Å². The van der Waals surface area contributed by atoms with E-state index in [9.17, 15) is 4.79 Å². The van der Waals surface area contributed by atoms with E-state index in [0.29, 0.717) is 6.42 Å². The van der Waals surface area contributed by atoms with E-state index in [-0.39, 0.29) is 0 Å². The fraction of sp³-hybridized carbons (Fsp3) is 0.111. The van der Waals surface area contributed by atoms with Gasteiger partial charge in [-0.25, -0.2) is 4.79 Å². The van der Waals surface area contributed by atoms with Gasteiger partial charge in [-0.15, -0.1) is 0 Å². The highest BCUT2D eigenvalue weighted by molar-refractivity contribution is 5.86. The second-order valence-corrected chi connectivity index (χ2v) is 2.14. The summed E-state index contributed by atoms with van der Waals surface area (Å²) < 4.78 is 0. The van der Waals surface area contributed by atoms with Crippen LogP contribution in [0.15, 0.2) is 24.5 Å². The van der Waals surface area contributed by atoms with E-state index in [1.807, 2.05) is 12.0 Å². The van der Waals surface area contributed by atoms with Crippen LogP contribution in [0.5, 0.6) is 0 Å². The number of aliphatic carboxylic acids is 1. The third-order valence-corrected chi connectivity index (χ3v) is 1.21. The van der Waals surface area contributed by atoms with Gasteiger partial charge in [-0.2, -0.15) is 0 Å². The molecule has 1 N–H and O–H groups in total. The van der Waals surface area contributed by atoms with Crippen LogP contribution in [0.25, 0.3) is 0 Å². The van der Waals surface area contributed by atoms with Crippen molar-refractivity contribution in [3.8, 4) is 11.8 Å². The zero-order chi connectivity index (χ0) is 8.81. The largest absolute Gasteiger partial charge is 0.472 e. The standard InChI is InChI=1S/C9H7NO2/c11-9(12)5-1-3-8-4-2-6-10-7-8/h2,4,6-7H,3H2,(H,11,12). The molecule has 0 spiro atoms. The maximum Gasteiger partial charge on any atom is 0.381 e. The molecule has 0 unspecified atom stereocenters. The maximum absolute atomic E-state index is 10.0. The summed E-state index contributed by atoms with van der Waals surface area (Å²) in [5.41, 5.74) is 0.922. The van der Waals surface area contributed by atoms with E-state index in [1.165, 1.54) is 0 Å². The summed E-state index contributed by atoms with van der Waals surface area (Å²) in [6.07, 6.45) is 3.75. The third-order valence-electron chi connectivity index (χ3n) is 1.21. The van der Waals surface area contributed by atoms with E-state index >= 15 is 0 Å². The molecule has 1 heterocycles.